The highest BCUT2D eigenvalue weighted by Gasteiger charge is 2.32. The molecule has 5 nitrogen and oxygen atoms in total. The van der Waals surface area contributed by atoms with E-state index in [-0.39, 0.29) is 37.0 Å². The van der Waals surface area contributed by atoms with Crippen LogP contribution in [0.15, 0.2) is 47.4 Å². The zero-order valence-electron chi connectivity index (χ0n) is 14.2. The van der Waals surface area contributed by atoms with E-state index in [0.717, 1.165) is 15.2 Å². The van der Waals surface area contributed by atoms with E-state index in [1.807, 2.05) is 19.1 Å². The highest BCUT2D eigenvalue weighted by Crippen LogP contribution is 2.22. The Bertz CT molecular complexity index is 941. The number of rotatable bonds is 3. The minimum absolute atomic E-state index is 0.110. The molecular formula is C18H18FIN2O3S. The first-order valence-electron chi connectivity index (χ1n) is 8.11. The monoisotopic (exact) mass is 488 g/mol. The van der Waals surface area contributed by atoms with Gasteiger partial charge in [0, 0.05) is 29.7 Å². The number of piperazine rings is 1. The van der Waals surface area contributed by atoms with Gasteiger partial charge in [-0.05, 0) is 53.3 Å². The lowest BCUT2D eigenvalue weighted by molar-refractivity contribution is 0.0696. The van der Waals surface area contributed by atoms with E-state index < -0.39 is 15.8 Å². The third kappa shape index (κ3) is 3.63. The van der Waals surface area contributed by atoms with E-state index in [0.29, 0.717) is 5.56 Å². The maximum Gasteiger partial charge on any atom is 0.255 e. The van der Waals surface area contributed by atoms with Crippen molar-refractivity contribution in [3.63, 3.8) is 0 Å². The van der Waals surface area contributed by atoms with Gasteiger partial charge in [0.15, 0.2) is 0 Å². The van der Waals surface area contributed by atoms with E-state index in [9.17, 15) is 17.6 Å². The Balaban J connectivity index is 1.74. The smallest absolute Gasteiger partial charge is 0.255 e. The van der Waals surface area contributed by atoms with Gasteiger partial charge in [-0.15, -0.1) is 0 Å². The molecule has 1 fully saturated rings. The second-order valence-electron chi connectivity index (χ2n) is 6.06. The van der Waals surface area contributed by atoms with Crippen LogP contribution in [0.2, 0.25) is 0 Å². The molecule has 0 atom stereocenters. The first-order chi connectivity index (χ1) is 12.3. The molecule has 0 radical (unpaired) electrons. The predicted molar refractivity (Wildman–Crippen MR) is 105 cm³/mol. The van der Waals surface area contributed by atoms with Gasteiger partial charge in [0.1, 0.15) is 10.7 Å². The molecule has 0 spiro atoms. The number of nitrogens with zero attached hydrogens (tertiary/aromatic N) is 2. The molecule has 0 N–H and O–H groups in total. The van der Waals surface area contributed by atoms with Crippen LogP contribution in [0, 0.1) is 16.3 Å². The number of aryl methyl sites for hydroxylation is 1. The van der Waals surface area contributed by atoms with Crippen LogP contribution in [-0.4, -0.2) is 49.7 Å². The van der Waals surface area contributed by atoms with E-state index in [1.165, 1.54) is 22.5 Å². The summed E-state index contributed by atoms with van der Waals surface area (Å²) in [5.74, 6) is -0.874. The number of sulfonamides is 1. The Morgan fingerprint density at radius 1 is 1.04 bits per heavy atom. The molecule has 26 heavy (non-hydrogen) atoms. The lowest BCUT2D eigenvalue weighted by atomic mass is 10.1. The Hall–Kier alpha value is -1.52. The first kappa shape index (κ1) is 19.2. The Labute approximate surface area is 166 Å². The predicted octanol–water partition coefficient (Wildman–Crippen LogP) is 2.89. The van der Waals surface area contributed by atoms with Gasteiger partial charge in [-0.2, -0.15) is 4.31 Å². The molecule has 1 amide bonds. The summed E-state index contributed by atoms with van der Waals surface area (Å²) in [7, 11) is -3.90. The molecule has 8 heteroatoms. The topological polar surface area (TPSA) is 57.7 Å². The van der Waals surface area contributed by atoms with Crippen molar-refractivity contribution in [2.45, 2.75) is 11.8 Å². The van der Waals surface area contributed by atoms with Crippen molar-refractivity contribution in [1.82, 2.24) is 9.21 Å². The third-order valence-corrected chi connectivity index (χ3v) is 7.77. The fourth-order valence-electron chi connectivity index (χ4n) is 2.91. The molecule has 1 heterocycles. The van der Waals surface area contributed by atoms with Crippen LogP contribution in [0.4, 0.5) is 4.39 Å². The van der Waals surface area contributed by atoms with Gasteiger partial charge in [-0.25, -0.2) is 12.8 Å². The second-order valence-corrected chi connectivity index (χ2v) is 9.05. The molecule has 1 aliphatic rings. The van der Waals surface area contributed by atoms with Crippen LogP contribution in [0.5, 0.6) is 0 Å². The molecular weight excluding hydrogens is 470 g/mol. The number of amides is 1. The Morgan fingerprint density at radius 3 is 2.35 bits per heavy atom. The second kappa shape index (κ2) is 7.61. The van der Waals surface area contributed by atoms with E-state index >= 15 is 0 Å². The molecule has 2 aromatic rings. The number of carbonyl (C=O) groups is 1. The van der Waals surface area contributed by atoms with Crippen molar-refractivity contribution in [1.29, 1.82) is 0 Å². The standard InChI is InChI=1S/C18H18FIN2O3S/c1-13-5-4-6-14(17(13)20)18(23)21-9-11-22(12-10-21)26(24,25)16-8-3-2-7-15(16)19/h2-8H,9-12H2,1H3. The van der Waals surface area contributed by atoms with Crippen LogP contribution in [0.3, 0.4) is 0 Å². The average molecular weight is 488 g/mol. The van der Waals surface area contributed by atoms with Gasteiger partial charge in [-0.3, -0.25) is 4.79 Å². The first-order valence-corrected chi connectivity index (χ1v) is 10.6. The summed E-state index contributed by atoms with van der Waals surface area (Å²) >= 11 is 2.15. The highest BCUT2D eigenvalue weighted by atomic mass is 127. The van der Waals surface area contributed by atoms with Crippen molar-refractivity contribution in [2.75, 3.05) is 26.2 Å². The molecule has 0 aliphatic carbocycles. The Kier molecular flexibility index (Phi) is 5.64. The van der Waals surface area contributed by atoms with Gasteiger partial charge in [0.2, 0.25) is 10.0 Å². The molecule has 3 rings (SSSR count). The number of halogens is 2. The van der Waals surface area contributed by atoms with Crippen molar-refractivity contribution in [2.24, 2.45) is 0 Å². The van der Waals surface area contributed by atoms with Gasteiger partial charge in [0.05, 0.1) is 5.56 Å². The van der Waals surface area contributed by atoms with Crippen molar-refractivity contribution in [3.05, 3.63) is 63.0 Å². The van der Waals surface area contributed by atoms with Crippen LogP contribution in [0.1, 0.15) is 15.9 Å². The SMILES string of the molecule is Cc1cccc(C(=O)N2CCN(S(=O)(=O)c3ccccc3F)CC2)c1I. The largest absolute Gasteiger partial charge is 0.336 e. The minimum Gasteiger partial charge on any atom is -0.336 e. The Morgan fingerprint density at radius 2 is 1.69 bits per heavy atom. The van der Waals surface area contributed by atoms with E-state index in [4.69, 9.17) is 0 Å². The fraction of sp³-hybridized carbons (Fsp3) is 0.278. The zero-order chi connectivity index (χ0) is 18.9. The normalized spacial score (nSPS) is 15.9. The van der Waals surface area contributed by atoms with E-state index in [1.54, 1.807) is 11.0 Å². The molecule has 2 aromatic carbocycles. The molecule has 1 aliphatic heterocycles. The summed E-state index contributed by atoms with van der Waals surface area (Å²) < 4.78 is 41.3. The van der Waals surface area contributed by atoms with Crippen molar-refractivity contribution >= 4 is 38.5 Å². The number of hydrogen-bond donors (Lipinski definition) is 0. The van der Waals surface area contributed by atoms with Gasteiger partial charge >= 0.3 is 0 Å². The summed E-state index contributed by atoms with van der Waals surface area (Å²) in [6.07, 6.45) is 0. The summed E-state index contributed by atoms with van der Waals surface area (Å²) in [5, 5.41) is 0. The maximum absolute atomic E-state index is 13.9. The summed E-state index contributed by atoms with van der Waals surface area (Å²) in [6.45, 7) is 2.78. The summed E-state index contributed by atoms with van der Waals surface area (Å²) in [5.41, 5.74) is 1.65. The molecule has 138 valence electrons. The zero-order valence-corrected chi connectivity index (χ0v) is 17.1. The van der Waals surface area contributed by atoms with Gasteiger partial charge in [0.25, 0.3) is 5.91 Å². The fourth-order valence-corrected chi connectivity index (χ4v) is 4.98. The molecule has 1 saturated heterocycles. The van der Waals surface area contributed by atoms with E-state index in [2.05, 4.69) is 22.6 Å². The van der Waals surface area contributed by atoms with Crippen LogP contribution < -0.4 is 0 Å². The number of carbonyl (C=O) groups excluding carboxylic acids is 1. The summed E-state index contributed by atoms with van der Waals surface area (Å²) in [6, 6.07) is 10.9. The van der Waals surface area contributed by atoms with Crippen LogP contribution in [0.25, 0.3) is 0 Å². The van der Waals surface area contributed by atoms with Gasteiger partial charge in [-0.1, -0.05) is 24.3 Å². The lowest BCUT2D eigenvalue weighted by Crippen LogP contribution is -2.50. The highest BCUT2D eigenvalue weighted by molar-refractivity contribution is 14.1. The van der Waals surface area contributed by atoms with Gasteiger partial charge < -0.3 is 4.90 Å². The molecule has 0 unspecified atom stereocenters. The van der Waals surface area contributed by atoms with Crippen molar-refractivity contribution < 1.29 is 17.6 Å². The average Bonchev–Trinajstić information content (AvgIpc) is 2.64. The van der Waals surface area contributed by atoms with Crippen LogP contribution >= 0.6 is 22.6 Å². The molecule has 0 bridgehead atoms. The minimum atomic E-state index is -3.90. The lowest BCUT2D eigenvalue weighted by Gasteiger charge is -2.34. The van der Waals surface area contributed by atoms with Crippen molar-refractivity contribution in [3.8, 4) is 0 Å². The quantitative estimate of drug-likeness (QED) is 0.625. The summed E-state index contributed by atoms with van der Waals surface area (Å²) in [4.78, 5) is 14.1. The van der Waals surface area contributed by atoms with Crippen LogP contribution in [-0.2, 0) is 10.0 Å². The molecule has 0 saturated carbocycles. The third-order valence-electron chi connectivity index (χ3n) is 4.40. The number of hydrogen-bond acceptors (Lipinski definition) is 3. The molecule has 0 aromatic heterocycles. The number of benzene rings is 2. The maximum atomic E-state index is 13.9.